The molecule has 9 heteroatoms. The van der Waals surface area contributed by atoms with Gasteiger partial charge >= 0.3 is 11.9 Å². The predicted molar refractivity (Wildman–Crippen MR) is 96.5 cm³/mol. The minimum atomic E-state index is -1.29. The molecule has 2 aromatic rings. The largest absolute Gasteiger partial charge is 0.489 e. The number of hydrogen-bond donors (Lipinski definition) is 1. The summed E-state index contributed by atoms with van der Waals surface area (Å²) in [7, 11) is 0. The van der Waals surface area contributed by atoms with Gasteiger partial charge in [0.25, 0.3) is 11.7 Å². The van der Waals surface area contributed by atoms with Gasteiger partial charge in [-0.2, -0.15) is 4.98 Å². The minimum Gasteiger partial charge on any atom is -0.489 e. The predicted octanol–water partition coefficient (Wildman–Crippen LogP) is 3.79. The first-order chi connectivity index (χ1) is 13.2. The molecule has 1 aromatic heterocycles. The number of carboxylic acid groups (broad SMARTS) is 1. The van der Waals surface area contributed by atoms with Crippen LogP contribution in [0, 0.1) is 0 Å². The van der Waals surface area contributed by atoms with Crippen molar-refractivity contribution in [3.05, 3.63) is 42.0 Å². The van der Waals surface area contributed by atoms with E-state index < -0.39 is 23.4 Å². The maximum absolute atomic E-state index is 13.0. The number of carboxylic acids is 1. The summed E-state index contributed by atoms with van der Waals surface area (Å²) in [5, 5.41) is 12.1. The Morgan fingerprint density at radius 2 is 1.89 bits per heavy atom. The molecule has 0 aliphatic rings. The van der Waals surface area contributed by atoms with E-state index in [9.17, 15) is 14.0 Å². The molecule has 0 unspecified atom stereocenters. The van der Waals surface area contributed by atoms with Crippen LogP contribution in [0.1, 0.15) is 44.2 Å². The summed E-state index contributed by atoms with van der Waals surface area (Å²) in [6.07, 6.45) is 0.659. The van der Waals surface area contributed by atoms with E-state index in [0.29, 0.717) is 23.2 Å². The third-order valence-electron chi connectivity index (χ3n) is 3.37. The highest BCUT2D eigenvalue weighted by Gasteiger charge is 2.17. The van der Waals surface area contributed by atoms with Gasteiger partial charge in [-0.1, -0.05) is 0 Å². The average Bonchev–Trinajstić information content (AvgIpc) is 3.11. The lowest BCUT2D eigenvalue weighted by Gasteiger charge is -2.19. The third kappa shape index (κ3) is 6.49. The summed E-state index contributed by atoms with van der Waals surface area (Å²) in [6.45, 7) is 5.27. The highest BCUT2D eigenvalue weighted by atomic mass is 19.1. The number of halogens is 1. The summed E-state index contributed by atoms with van der Waals surface area (Å²) < 4.78 is 28.6. The number of ether oxygens (including phenoxy) is 2. The van der Waals surface area contributed by atoms with Crippen molar-refractivity contribution >= 4 is 11.9 Å². The van der Waals surface area contributed by atoms with Gasteiger partial charge in [-0.05, 0) is 62.2 Å². The maximum Gasteiger partial charge on any atom is 0.377 e. The first-order valence-electron chi connectivity index (χ1n) is 8.48. The van der Waals surface area contributed by atoms with E-state index in [-0.39, 0.29) is 25.3 Å². The molecule has 0 saturated carbocycles. The number of carbonyl (C=O) groups is 2. The van der Waals surface area contributed by atoms with E-state index in [0.717, 1.165) is 0 Å². The summed E-state index contributed by atoms with van der Waals surface area (Å²) in [6, 6.07) is 6.41. The molecule has 0 radical (unpaired) electrons. The van der Waals surface area contributed by atoms with Crippen molar-refractivity contribution in [3.63, 3.8) is 0 Å². The fourth-order valence-electron chi connectivity index (χ4n) is 2.11. The van der Waals surface area contributed by atoms with Gasteiger partial charge in [0.15, 0.2) is 0 Å². The molecule has 0 atom stereocenters. The summed E-state index contributed by atoms with van der Waals surface area (Å²) in [4.78, 5) is 26.2. The van der Waals surface area contributed by atoms with Crippen molar-refractivity contribution < 1.29 is 33.1 Å². The molecule has 0 saturated heterocycles. The minimum absolute atomic E-state index is 0.0254. The fourth-order valence-corrected chi connectivity index (χ4v) is 2.11. The van der Waals surface area contributed by atoms with Crippen LogP contribution in [-0.4, -0.2) is 39.4 Å². The molecule has 0 fully saturated rings. The summed E-state index contributed by atoms with van der Waals surface area (Å²) >= 11 is 0. The number of aromatic nitrogens is 2. The molecule has 1 N–H and O–H groups in total. The Kier molecular flexibility index (Phi) is 6.86. The Balaban J connectivity index is 1.87. The Labute approximate surface area is 161 Å². The second kappa shape index (κ2) is 9.12. The van der Waals surface area contributed by atoms with Crippen molar-refractivity contribution in [2.24, 2.45) is 0 Å². The standard InChI is InChI=1S/C19H21FN2O6/c1-19(2,3)27-15(23)9-4-12(10-20)11-26-14-7-5-13(6-8-14)17-21-16(18(24)25)22-28-17/h5-8,10H,4,9,11H2,1-3H3,(H,24,25)/b12-10+. The maximum atomic E-state index is 13.0. The number of hydrogen-bond acceptors (Lipinski definition) is 7. The smallest absolute Gasteiger partial charge is 0.377 e. The van der Waals surface area contributed by atoms with Crippen molar-refractivity contribution in [2.45, 2.75) is 39.2 Å². The van der Waals surface area contributed by atoms with E-state index in [1.54, 1.807) is 45.0 Å². The van der Waals surface area contributed by atoms with Crippen molar-refractivity contribution in [1.82, 2.24) is 10.1 Å². The van der Waals surface area contributed by atoms with Crippen LogP contribution in [0.4, 0.5) is 4.39 Å². The molecular weight excluding hydrogens is 371 g/mol. The van der Waals surface area contributed by atoms with Crippen LogP contribution >= 0.6 is 0 Å². The van der Waals surface area contributed by atoms with E-state index in [1.807, 2.05) is 0 Å². The lowest BCUT2D eigenvalue weighted by Crippen LogP contribution is -2.23. The molecule has 2 rings (SSSR count). The van der Waals surface area contributed by atoms with Crippen molar-refractivity contribution in [2.75, 3.05) is 6.61 Å². The van der Waals surface area contributed by atoms with Crippen LogP contribution in [0.5, 0.6) is 5.75 Å². The molecule has 1 aromatic carbocycles. The summed E-state index contributed by atoms with van der Waals surface area (Å²) in [5.41, 5.74) is 0.245. The van der Waals surface area contributed by atoms with Gasteiger partial charge in [-0.15, -0.1) is 0 Å². The molecule has 0 aliphatic heterocycles. The van der Waals surface area contributed by atoms with Crippen LogP contribution < -0.4 is 4.74 Å². The topological polar surface area (TPSA) is 112 Å². The molecule has 0 amide bonds. The van der Waals surface area contributed by atoms with Crippen LogP contribution in [0.3, 0.4) is 0 Å². The van der Waals surface area contributed by atoms with Gasteiger partial charge in [0.1, 0.15) is 18.0 Å². The van der Waals surface area contributed by atoms with Crippen LogP contribution in [0.15, 0.2) is 40.7 Å². The SMILES string of the molecule is CC(C)(C)OC(=O)CC/C(=C\F)COc1ccc(-c2nc(C(=O)O)no2)cc1. The first-order valence-corrected chi connectivity index (χ1v) is 8.48. The Morgan fingerprint density at radius 1 is 1.21 bits per heavy atom. The molecule has 150 valence electrons. The average molecular weight is 392 g/mol. The zero-order chi connectivity index (χ0) is 20.7. The second-order valence-electron chi connectivity index (χ2n) is 6.90. The number of esters is 1. The Hall–Kier alpha value is -3.23. The number of benzene rings is 1. The highest BCUT2D eigenvalue weighted by molar-refractivity contribution is 5.83. The van der Waals surface area contributed by atoms with E-state index in [4.69, 9.17) is 19.1 Å². The molecule has 1 heterocycles. The first kappa shape index (κ1) is 21.1. The number of carbonyl (C=O) groups excluding carboxylic acids is 1. The van der Waals surface area contributed by atoms with Gasteiger partial charge < -0.3 is 19.1 Å². The monoisotopic (exact) mass is 392 g/mol. The van der Waals surface area contributed by atoms with E-state index in [1.165, 1.54) is 0 Å². The molecule has 8 nitrogen and oxygen atoms in total. The zero-order valence-corrected chi connectivity index (χ0v) is 15.8. The molecule has 0 spiro atoms. The van der Waals surface area contributed by atoms with E-state index >= 15 is 0 Å². The Bertz CT molecular complexity index is 852. The zero-order valence-electron chi connectivity index (χ0n) is 15.8. The quantitative estimate of drug-likeness (QED) is 0.675. The fraction of sp³-hybridized carbons (Fsp3) is 0.368. The van der Waals surface area contributed by atoms with Crippen LogP contribution in [-0.2, 0) is 9.53 Å². The van der Waals surface area contributed by atoms with Crippen LogP contribution in [0.25, 0.3) is 11.5 Å². The number of aromatic carboxylic acids is 1. The Morgan fingerprint density at radius 3 is 2.43 bits per heavy atom. The molecular formula is C19H21FN2O6. The van der Waals surface area contributed by atoms with Gasteiger partial charge in [-0.25, -0.2) is 9.18 Å². The van der Waals surface area contributed by atoms with Gasteiger partial charge in [-0.3, -0.25) is 4.79 Å². The second-order valence-corrected chi connectivity index (χ2v) is 6.90. The van der Waals surface area contributed by atoms with Crippen molar-refractivity contribution in [3.8, 4) is 17.2 Å². The van der Waals surface area contributed by atoms with Crippen molar-refractivity contribution in [1.29, 1.82) is 0 Å². The lowest BCUT2D eigenvalue weighted by atomic mass is 10.1. The highest BCUT2D eigenvalue weighted by Crippen LogP contribution is 2.22. The normalized spacial score (nSPS) is 11.9. The van der Waals surface area contributed by atoms with Gasteiger partial charge in [0.05, 0.1) is 6.33 Å². The molecule has 0 aliphatic carbocycles. The number of rotatable bonds is 8. The van der Waals surface area contributed by atoms with E-state index in [2.05, 4.69) is 10.1 Å². The molecule has 28 heavy (non-hydrogen) atoms. The molecule has 0 bridgehead atoms. The number of nitrogens with zero attached hydrogens (tertiary/aromatic N) is 2. The van der Waals surface area contributed by atoms with Gasteiger partial charge in [0, 0.05) is 12.0 Å². The third-order valence-corrected chi connectivity index (χ3v) is 3.37. The van der Waals surface area contributed by atoms with Crippen LogP contribution in [0.2, 0.25) is 0 Å². The summed E-state index contributed by atoms with van der Waals surface area (Å²) in [5.74, 6) is -1.61. The van der Waals surface area contributed by atoms with Gasteiger partial charge in [0.2, 0.25) is 0 Å². The lowest BCUT2D eigenvalue weighted by molar-refractivity contribution is -0.154.